The Balaban J connectivity index is 2.43. The van der Waals surface area contributed by atoms with Gasteiger partial charge in [-0.1, -0.05) is 19.9 Å². The summed E-state index contributed by atoms with van der Waals surface area (Å²) in [5.41, 5.74) is 5.28. The van der Waals surface area contributed by atoms with Gasteiger partial charge in [0.2, 0.25) is 5.91 Å². The van der Waals surface area contributed by atoms with Crippen molar-refractivity contribution in [1.82, 2.24) is 16.2 Å². The number of hydrazine groups is 1. The molecule has 0 fully saturated rings. The van der Waals surface area contributed by atoms with Gasteiger partial charge in [0.15, 0.2) is 5.11 Å². The lowest BCUT2D eigenvalue weighted by atomic mass is 10.2. The van der Waals surface area contributed by atoms with Gasteiger partial charge < -0.3 is 9.47 Å². The lowest BCUT2D eigenvalue weighted by molar-refractivity contribution is -0.122. The van der Waals surface area contributed by atoms with E-state index in [2.05, 4.69) is 16.2 Å². The minimum atomic E-state index is -0.393. The Labute approximate surface area is 153 Å². The number of nitrogens with one attached hydrogen (secondary N) is 3. The van der Waals surface area contributed by atoms with Crippen LogP contribution < -0.4 is 20.9 Å². The van der Waals surface area contributed by atoms with Crippen LogP contribution in [-0.4, -0.2) is 36.7 Å². The van der Waals surface area contributed by atoms with Gasteiger partial charge in [-0.2, -0.15) is 0 Å². The van der Waals surface area contributed by atoms with Crippen molar-refractivity contribution in [3.63, 3.8) is 0 Å². The highest BCUT2D eigenvalue weighted by atomic mass is 32.1. The molecule has 0 radical (unpaired) electrons. The van der Waals surface area contributed by atoms with Crippen LogP contribution in [0, 0.1) is 5.92 Å². The lowest BCUT2D eigenvalue weighted by Gasteiger charge is -2.12. The zero-order chi connectivity index (χ0) is 18.7. The highest BCUT2D eigenvalue weighted by molar-refractivity contribution is 7.80. The third-order valence-electron chi connectivity index (χ3n) is 2.90. The normalized spacial score (nSPS) is 10.2. The Hall–Kier alpha value is -2.19. The molecule has 0 aliphatic heterocycles. The number of hydrogen-bond acceptors (Lipinski definition) is 5. The van der Waals surface area contributed by atoms with Crippen molar-refractivity contribution in [3.8, 4) is 5.75 Å². The maximum atomic E-state index is 12.2. The van der Waals surface area contributed by atoms with Crippen LogP contribution in [-0.2, 0) is 9.53 Å². The zero-order valence-electron chi connectivity index (χ0n) is 14.8. The van der Waals surface area contributed by atoms with Crippen LogP contribution in [0.25, 0.3) is 0 Å². The molecule has 0 spiro atoms. The number of rotatable bonds is 8. The summed E-state index contributed by atoms with van der Waals surface area (Å²) >= 11 is 4.98. The Kier molecular flexibility index (Phi) is 9.49. The number of carbonyl (C=O) groups excluding carboxylic acids is 2. The molecule has 0 aliphatic carbocycles. The van der Waals surface area contributed by atoms with Crippen molar-refractivity contribution in [1.29, 1.82) is 0 Å². The van der Waals surface area contributed by atoms with Gasteiger partial charge in [0.05, 0.1) is 19.6 Å². The number of thiocarbonyl (C=S) groups is 1. The number of carbonyl (C=O) groups is 2. The van der Waals surface area contributed by atoms with E-state index in [9.17, 15) is 9.59 Å². The van der Waals surface area contributed by atoms with Crippen molar-refractivity contribution in [2.45, 2.75) is 27.2 Å². The molecule has 2 amide bonds. The smallest absolute Gasteiger partial charge is 0.257 e. The first-order valence-corrected chi connectivity index (χ1v) is 8.54. The quantitative estimate of drug-likeness (QED) is 0.369. The second-order valence-corrected chi connectivity index (χ2v) is 6.04. The first-order chi connectivity index (χ1) is 11.9. The van der Waals surface area contributed by atoms with Crippen LogP contribution in [0.15, 0.2) is 24.3 Å². The van der Waals surface area contributed by atoms with Crippen molar-refractivity contribution in [2.24, 2.45) is 5.92 Å². The molecule has 8 heteroatoms. The van der Waals surface area contributed by atoms with E-state index in [1.807, 2.05) is 20.8 Å². The van der Waals surface area contributed by atoms with Gasteiger partial charge in [-0.25, -0.2) is 0 Å². The summed E-state index contributed by atoms with van der Waals surface area (Å²) in [6.07, 6.45) is 0.201. The second kappa shape index (κ2) is 11.4. The summed E-state index contributed by atoms with van der Waals surface area (Å²) in [5, 5.41) is 2.49. The molecule has 0 heterocycles. The maximum Gasteiger partial charge on any atom is 0.257 e. The minimum absolute atomic E-state index is 0.00302. The molecule has 7 nitrogen and oxygen atoms in total. The average molecular weight is 367 g/mol. The fourth-order valence-corrected chi connectivity index (χ4v) is 1.84. The van der Waals surface area contributed by atoms with Crippen LogP contribution in [0.4, 0.5) is 0 Å². The first-order valence-electron chi connectivity index (χ1n) is 8.13. The third kappa shape index (κ3) is 9.02. The number of benzene rings is 1. The molecular formula is C17H25N3O4S. The largest absolute Gasteiger partial charge is 0.493 e. The van der Waals surface area contributed by atoms with Crippen LogP contribution in [0.1, 0.15) is 37.6 Å². The topological polar surface area (TPSA) is 88.7 Å². The molecule has 3 N–H and O–H groups in total. The van der Waals surface area contributed by atoms with Crippen molar-refractivity contribution in [2.75, 3.05) is 19.8 Å². The number of ether oxygens (including phenoxy) is 2. The monoisotopic (exact) mass is 367 g/mol. The molecule has 1 aromatic rings. The molecule has 0 saturated heterocycles. The van der Waals surface area contributed by atoms with E-state index in [4.69, 9.17) is 21.7 Å². The van der Waals surface area contributed by atoms with E-state index in [0.717, 1.165) is 0 Å². The van der Waals surface area contributed by atoms with Crippen LogP contribution in [0.3, 0.4) is 0 Å². The van der Waals surface area contributed by atoms with Crippen molar-refractivity contribution >= 4 is 29.1 Å². The van der Waals surface area contributed by atoms with E-state index in [1.54, 1.807) is 24.3 Å². The summed E-state index contributed by atoms with van der Waals surface area (Å²) in [7, 11) is 0. The van der Waals surface area contributed by atoms with E-state index in [0.29, 0.717) is 37.1 Å². The van der Waals surface area contributed by atoms with E-state index < -0.39 is 5.91 Å². The summed E-state index contributed by atoms with van der Waals surface area (Å²) in [6.45, 7) is 7.39. The molecule has 0 saturated carbocycles. The van der Waals surface area contributed by atoms with E-state index in [1.165, 1.54) is 0 Å². The molecular weight excluding hydrogens is 342 g/mol. The predicted molar refractivity (Wildman–Crippen MR) is 99.2 cm³/mol. The predicted octanol–water partition coefficient (Wildman–Crippen LogP) is 1.78. The first kappa shape index (κ1) is 20.9. The lowest BCUT2D eigenvalue weighted by Crippen LogP contribution is -2.48. The molecule has 25 heavy (non-hydrogen) atoms. The summed E-state index contributed by atoms with van der Waals surface area (Å²) < 4.78 is 10.7. The summed E-state index contributed by atoms with van der Waals surface area (Å²) in [5.74, 6) is 0.329. The summed E-state index contributed by atoms with van der Waals surface area (Å²) in [4.78, 5) is 23.7. The highest BCUT2D eigenvalue weighted by Gasteiger charge is 2.10. The second-order valence-electron chi connectivity index (χ2n) is 5.64. The van der Waals surface area contributed by atoms with Gasteiger partial charge in [-0.3, -0.25) is 25.8 Å². The Morgan fingerprint density at radius 2 is 2.00 bits per heavy atom. The van der Waals surface area contributed by atoms with Crippen LogP contribution in [0.2, 0.25) is 0 Å². The van der Waals surface area contributed by atoms with Crippen LogP contribution in [0.5, 0.6) is 5.75 Å². The van der Waals surface area contributed by atoms with Crippen molar-refractivity contribution in [3.05, 3.63) is 29.8 Å². The molecule has 0 bridgehead atoms. The van der Waals surface area contributed by atoms with E-state index in [-0.39, 0.29) is 17.4 Å². The van der Waals surface area contributed by atoms with Crippen LogP contribution >= 0.6 is 12.2 Å². The van der Waals surface area contributed by atoms with Crippen molar-refractivity contribution < 1.29 is 19.1 Å². The molecule has 0 aromatic heterocycles. The van der Waals surface area contributed by atoms with Gasteiger partial charge in [0.25, 0.3) is 5.91 Å². The third-order valence-corrected chi connectivity index (χ3v) is 3.10. The molecule has 0 aliphatic rings. The minimum Gasteiger partial charge on any atom is -0.493 e. The number of amides is 2. The maximum absolute atomic E-state index is 12.2. The fourth-order valence-electron chi connectivity index (χ4n) is 1.69. The van der Waals surface area contributed by atoms with Gasteiger partial charge in [0, 0.05) is 12.2 Å². The Morgan fingerprint density at radius 1 is 1.24 bits per heavy atom. The number of hydrogen-bond donors (Lipinski definition) is 3. The van der Waals surface area contributed by atoms with Gasteiger partial charge in [-0.15, -0.1) is 0 Å². The molecule has 0 unspecified atom stereocenters. The molecule has 1 rings (SSSR count). The standard InChI is InChI=1S/C17H25N3O4S/c1-4-23-9-8-15(21)19-20-17(25)18-16(22)13-6-5-7-14(10-13)24-11-12(2)3/h5-7,10,12H,4,8-9,11H2,1-3H3,(H,19,21)(H2,18,20,22,25). The van der Waals surface area contributed by atoms with Gasteiger partial charge in [0.1, 0.15) is 5.75 Å². The van der Waals surface area contributed by atoms with E-state index >= 15 is 0 Å². The molecule has 0 atom stereocenters. The fraction of sp³-hybridized carbons (Fsp3) is 0.471. The van der Waals surface area contributed by atoms with Gasteiger partial charge in [-0.05, 0) is 43.3 Å². The van der Waals surface area contributed by atoms with Gasteiger partial charge >= 0.3 is 0 Å². The Bertz CT molecular complexity index is 593. The molecule has 138 valence electrons. The summed E-state index contributed by atoms with van der Waals surface area (Å²) in [6, 6.07) is 6.81. The highest BCUT2D eigenvalue weighted by Crippen LogP contribution is 2.14. The molecule has 1 aromatic carbocycles. The SMILES string of the molecule is CCOCCC(=O)NNC(=S)NC(=O)c1cccc(OCC(C)C)c1. The zero-order valence-corrected chi connectivity index (χ0v) is 15.6. The Morgan fingerprint density at radius 3 is 2.68 bits per heavy atom. The average Bonchev–Trinajstić information content (AvgIpc) is 2.58.